The summed E-state index contributed by atoms with van der Waals surface area (Å²) < 4.78 is 16.5. The molecule has 0 bridgehead atoms. The number of carbonyl (C=O) groups is 2. The van der Waals surface area contributed by atoms with Crippen LogP contribution in [0.2, 0.25) is 0 Å². The van der Waals surface area contributed by atoms with Crippen molar-refractivity contribution in [3.63, 3.8) is 0 Å². The van der Waals surface area contributed by atoms with Crippen molar-refractivity contribution in [3.05, 3.63) is 40.2 Å². The Morgan fingerprint density at radius 1 is 0.786 bits per heavy atom. The molecule has 3 aliphatic rings. The van der Waals surface area contributed by atoms with E-state index in [1.807, 2.05) is 12.1 Å². The van der Waals surface area contributed by atoms with E-state index in [1.165, 1.54) is 0 Å². The lowest BCUT2D eigenvalue weighted by Gasteiger charge is -2.37. The summed E-state index contributed by atoms with van der Waals surface area (Å²) in [6.45, 7) is 0. The number of allylic oxidation sites excluding steroid dienone is 4. The summed E-state index contributed by atoms with van der Waals surface area (Å²) in [4.78, 5) is 25.8. The number of hydrogen-bond donors (Lipinski definition) is 1. The van der Waals surface area contributed by atoms with Crippen molar-refractivity contribution in [3.8, 4) is 17.2 Å². The van der Waals surface area contributed by atoms with Gasteiger partial charge in [-0.25, -0.2) is 0 Å². The maximum Gasteiger partial charge on any atom is 0.203 e. The number of ether oxygens (including phenoxy) is 3. The molecule has 1 aliphatic heterocycles. The predicted octanol–water partition coefficient (Wildman–Crippen LogP) is 3.41. The number of methoxy groups -OCH3 is 3. The van der Waals surface area contributed by atoms with Crippen molar-refractivity contribution in [2.75, 3.05) is 21.3 Å². The van der Waals surface area contributed by atoms with Gasteiger partial charge in [-0.3, -0.25) is 9.59 Å². The van der Waals surface area contributed by atoms with Gasteiger partial charge in [-0.1, -0.05) is 0 Å². The van der Waals surface area contributed by atoms with E-state index >= 15 is 0 Å². The highest BCUT2D eigenvalue weighted by Crippen LogP contribution is 2.48. The van der Waals surface area contributed by atoms with Gasteiger partial charge in [0.25, 0.3) is 0 Å². The van der Waals surface area contributed by atoms with E-state index < -0.39 is 0 Å². The Balaban J connectivity index is 1.94. The Morgan fingerprint density at radius 2 is 1.29 bits per heavy atom. The second-order valence-corrected chi connectivity index (χ2v) is 7.35. The minimum atomic E-state index is -0.388. The lowest BCUT2D eigenvalue weighted by Crippen LogP contribution is -2.36. The molecule has 6 heteroatoms. The number of benzene rings is 1. The van der Waals surface area contributed by atoms with E-state index in [0.29, 0.717) is 30.1 Å². The number of dihydropyridines is 1. The molecule has 28 heavy (non-hydrogen) atoms. The van der Waals surface area contributed by atoms with Gasteiger partial charge in [0, 0.05) is 41.3 Å². The van der Waals surface area contributed by atoms with E-state index in [4.69, 9.17) is 14.2 Å². The molecule has 2 aliphatic carbocycles. The zero-order valence-corrected chi connectivity index (χ0v) is 16.5. The van der Waals surface area contributed by atoms with Gasteiger partial charge in [0.2, 0.25) is 5.75 Å². The van der Waals surface area contributed by atoms with Gasteiger partial charge in [0.05, 0.1) is 21.3 Å². The first kappa shape index (κ1) is 18.6. The van der Waals surface area contributed by atoms with Gasteiger partial charge in [-0.05, 0) is 43.4 Å². The van der Waals surface area contributed by atoms with Crippen molar-refractivity contribution in [1.29, 1.82) is 0 Å². The maximum absolute atomic E-state index is 12.9. The minimum Gasteiger partial charge on any atom is -0.493 e. The topological polar surface area (TPSA) is 73.9 Å². The van der Waals surface area contributed by atoms with Crippen LogP contribution in [0.3, 0.4) is 0 Å². The van der Waals surface area contributed by atoms with Crippen molar-refractivity contribution < 1.29 is 23.8 Å². The maximum atomic E-state index is 12.9. The SMILES string of the molecule is COc1cc(C2C3=C(CCCC3=O)NC3=C2C(=O)CCC3)cc(OC)c1OC. The molecule has 1 heterocycles. The third-order valence-corrected chi connectivity index (χ3v) is 5.81. The number of rotatable bonds is 4. The van der Waals surface area contributed by atoms with Crippen LogP contribution in [-0.2, 0) is 9.59 Å². The Labute approximate surface area is 164 Å². The molecule has 6 nitrogen and oxygen atoms in total. The fourth-order valence-corrected chi connectivity index (χ4v) is 4.58. The summed E-state index contributed by atoms with van der Waals surface area (Å²) >= 11 is 0. The summed E-state index contributed by atoms with van der Waals surface area (Å²) in [5.74, 6) is 1.36. The van der Waals surface area contributed by atoms with Crippen LogP contribution in [0.4, 0.5) is 0 Å². The van der Waals surface area contributed by atoms with Crippen LogP contribution in [0.15, 0.2) is 34.7 Å². The van der Waals surface area contributed by atoms with Gasteiger partial charge in [-0.15, -0.1) is 0 Å². The molecule has 4 rings (SSSR count). The molecule has 148 valence electrons. The standard InChI is InChI=1S/C22H25NO5/c1-26-17-10-12(11-18(27-2)22(17)28-3)19-20-13(6-4-8-15(20)24)23-14-7-5-9-16(25)21(14)19/h10-11,19,23H,4-9H2,1-3H3. The summed E-state index contributed by atoms with van der Waals surface area (Å²) in [6.07, 6.45) is 4.35. The van der Waals surface area contributed by atoms with E-state index in [-0.39, 0.29) is 17.5 Å². The number of hydrogen-bond acceptors (Lipinski definition) is 6. The second kappa shape index (κ2) is 7.34. The molecule has 1 aromatic rings. The van der Waals surface area contributed by atoms with Gasteiger partial charge in [-0.2, -0.15) is 0 Å². The molecule has 0 atom stereocenters. The monoisotopic (exact) mass is 383 g/mol. The summed E-state index contributed by atoms with van der Waals surface area (Å²) in [6, 6.07) is 3.71. The van der Waals surface area contributed by atoms with E-state index in [1.54, 1.807) is 21.3 Å². The van der Waals surface area contributed by atoms with Crippen molar-refractivity contribution in [2.24, 2.45) is 0 Å². The highest BCUT2D eigenvalue weighted by molar-refractivity contribution is 6.06. The highest BCUT2D eigenvalue weighted by atomic mass is 16.5. The van der Waals surface area contributed by atoms with E-state index in [9.17, 15) is 9.59 Å². The fraction of sp³-hybridized carbons (Fsp3) is 0.455. The van der Waals surface area contributed by atoms with E-state index in [2.05, 4.69) is 5.32 Å². The lowest BCUT2D eigenvalue weighted by molar-refractivity contribution is -0.116. The first-order valence-corrected chi connectivity index (χ1v) is 9.68. The molecule has 0 saturated heterocycles. The Bertz CT molecular complexity index is 844. The van der Waals surface area contributed by atoms with Crippen LogP contribution < -0.4 is 19.5 Å². The second-order valence-electron chi connectivity index (χ2n) is 7.35. The largest absolute Gasteiger partial charge is 0.493 e. The Morgan fingerprint density at radius 3 is 1.71 bits per heavy atom. The molecule has 1 aromatic carbocycles. The minimum absolute atomic E-state index is 0.109. The van der Waals surface area contributed by atoms with Gasteiger partial charge < -0.3 is 19.5 Å². The number of nitrogens with one attached hydrogen (secondary N) is 1. The zero-order valence-electron chi connectivity index (χ0n) is 16.5. The van der Waals surface area contributed by atoms with Gasteiger partial charge in [0.15, 0.2) is 23.1 Å². The third kappa shape index (κ3) is 2.87. The first-order valence-electron chi connectivity index (χ1n) is 9.68. The summed E-state index contributed by atoms with van der Waals surface area (Å²) in [5, 5.41) is 3.43. The van der Waals surface area contributed by atoms with Crippen LogP contribution in [0.5, 0.6) is 17.2 Å². The third-order valence-electron chi connectivity index (χ3n) is 5.81. The number of ketones is 2. The van der Waals surface area contributed by atoms with Crippen LogP contribution in [0.1, 0.15) is 50.0 Å². The Kier molecular flexibility index (Phi) is 4.87. The quantitative estimate of drug-likeness (QED) is 0.859. The van der Waals surface area contributed by atoms with Crippen LogP contribution in [-0.4, -0.2) is 32.9 Å². The van der Waals surface area contributed by atoms with Crippen molar-refractivity contribution >= 4 is 11.6 Å². The summed E-state index contributed by atoms with van der Waals surface area (Å²) in [5.41, 5.74) is 4.18. The summed E-state index contributed by atoms with van der Waals surface area (Å²) in [7, 11) is 4.69. The number of Topliss-reactive ketones (excluding diaryl/α,β-unsaturated/α-hetero) is 2. The molecule has 0 spiro atoms. The van der Waals surface area contributed by atoms with Crippen molar-refractivity contribution in [1.82, 2.24) is 5.32 Å². The van der Waals surface area contributed by atoms with Crippen LogP contribution in [0.25, 0.3) is 0 Å². The first-order chi connectivity index (χ1) is 13.6. The normalized spacial score (nSPS) is 19.8. The Hall–Kier alpha value is -2.76. The highest BCUT2D eigenvalue weighted by Gasteiger charge is 2.40. The van der Waals surface area contributed by atoms with E-state index in [0.717, 1.165) is 53.8 Å². The van der Waals surface area contributed by atoms with Crippen LogP contribution in [0, 0.1) is 0 Å². The fourth-order valence-electron chi connectivity index (χ4n) is 4.58. The molecule has 0 unspecified atom stereocenters. The van der Waals surface area contributed by atoms with Crippen LogP contribution >= 0.6 is 0 Å². The average Bonchev–Trinajstić information content (AvgIpc) is 2.71. The molecule has 0 amide bonds. The van der Waals surface area contributed by atoms with Gasteiger partial charge in [0.1, 0.15) is 0 Å². The van der Waals surface area contributed by atoms with Gasteiger partial charge >= 0.3 is 0 Å². The molecular weight excluding hydrogens is 358 g/mol. The molecule has 1 N–H and O–H groups in total. The lowest BCUT2D eigenvalue weighted by atomic mass is 9.71. The molecule has 0 saturated carbocycles. The molecule has 0 fully saturated rings. The predicted molar refractivity (Wildman–Crippen MR) is 104 cm³/mol. The molecular formula is C22H25NO5. The van der Waals surface area contributed by atoms with Crippen molar-refractivity contribution in [2.45, 2.75) is 44.4 Å². The smallest absolute Gasteiger partial charge is 0.203 e. The number of carbonyl (C=O) groups excluding carboxylic acids is 2. The zero-order chi connectivity index (χ0) is 19.8. The molecule has 0 aromatic heterocycles. The molecule has 0 radical (unpaired) electrons. The average molecular weight is 383 g/mol.